The normalized spacial score (nSPS) is 40.1. The number of rotatable bonds is 1. The molecule has 4 rings (SSSR count). The standard InChI is InChI=1S/C17H21BrN2O2/c1-10-16(21)20(18)17(19-10)14-6-4-3-5-12(14)13-8-7-11(22-2)9-15(13)17/h3-6,10-11,13,15,19H,7-9H2,1-2H3. The minimum absolute atomic E-state index is 0.106. The maximum atomic E-state index is 12.5. The Labute approximate surface area is 139 Å². The third-order valence-electron chi connectivity index (χ3n) is 5.75. The van der Waals surface area contributed by atoms with Crippen molar-refractivity contribution in [3.63, 3.8) is 0 Å². The van der Waals surface area contributed by atoms with Crippen molar-refractivity contribution in [1.82, 2.24) is 9.24 Å². The summed E-state index contributed by atoms with van der Waals surface area (Å²) in [6, 6.07) is 8.40. The van der Waals surface area contributed by atoms with Gasteiger partial charge in [-0.1, -0.05) is 24.3 Å². The van der Waals surface area contributed by atoms with Crippen molar-refractivity contribution in [2.45, 2.75) is 49.9 Å². The van der Waals surface area contributed by atoms with Gasteiger partial charge in [-0.25, -0.2) is 0 Å². The number of halogens is 1. The zero-order chi connectivity index (χ0) is 15.5. The van der Waals surface area contributed by atoms with E-state index in [4.69, 9.17) is 4.74 Å². The Bertz CT molecular complexity index is 622. The van der Waals surface area contributed by atoms with Crippen LogP contribution in [0.25, 0.3) is 0 Å². The van der Waals surface area contributed by atoms with Crippen molar-refractivity contribution in [2.24, 2.45) is 5.92 Å². The molecule has 5 atom stereocenters. The second-order valence-corrected chi connectivity index (χ2v) is 7.43. The Hall–Kier alpha value is -0.910. The number of hydrogen-bond donors (Lipinski definition) is 1. The van der Waals surface area contributed by atoms with Crippen LogP contribution >= 0.6 is 16.1 Å². The van der Waals surface area contributed by atoms with Crippen molar-refractivity contribution < 1.29 is 9.53 Å². The Morgan fingerprint density at radius 2 is 2.14 bits per heavy atom. The molecule has 5 unspecified atom stereocenters. The lowest BCUT2D eigenvalue weighted by atomic mass is 9.75. The van der Waals surface area contributed by atoms with Gasteiger partial charge in [-0.2, -0.15) is 0 Å². The lowest BCUT2D eigenvalue weighted by Crippen LogP contribution is -2.51. The number of amides is 1. The first-order valence-corrected chi connectivity index (χ1v) is 8.70. The molecule has 1 aromatic carbocycles. The fourth-order valence-electron chi connectivity index (χ4n) is 4.78. The highest BCUT2D eigenvalue weighted by Crippen LogP contribution is 2.59. The van der Waals surface area contributed by atoms with Gasteiger partial charge in [0.05, 0.1) is 28.3 Å². The fraction of sp³-hybridized carbons (Fsp3) is 0.588. The molecule has 0 bridgehead atoms. The molecule has 1 spiro atoms. The number of carbonyl (C=O) groups is 1. The highest BCUT2D eigenvalue weighted by Gasteiger charge is 2.62. The first kappa shape index (κ1) is 14.7. The largest absolute Gasteiger partial charge is 0.381 e. The number of methoxy groups -OCH3 is 1. The number of hydrogen-bond acceptors (Lipinski definition) is 3. The highest BCUT2D eigenvalue weighted by molar-refractivity contribution is 9.07. The summed E-state index contributed by atoms with van der Waals surface area (Å²) in [6.07, 6.45) is 3.47. The Morgan fingerprint density at radius 3 is 2.82 bits per heavy atom. The van der Waals surface area contributed by atoms with Crippen LogP contribution in [-0.4, -0.2) is 29.1 Å². The van der Waals surface area contributed by atoms with Gasteiger partial charge in [-0.15, -0.1) is 0 Å². The van der Waals surface area contributed by atoms with E-state index in [0.717, 1.165) is 19.3 Å². The van der Waals surface area contributed by atoms with E-state index >= 15 is 0 Å². The van der Waals surface area contributed by atoms with E-state index in [1.165, 1.54) is 11.1 Å². The molecule has 1 amide bonds. The summed E-state index contributed by atoms with van der Waals surface area (Å²) in [5.74, 6) is 0.945. The van der Waals surface area contributed by atoms with Gasteiger partial charge >= 0.3 is 0 Å². The molecule has 0 radical (unpaired) electrons. The fourth-order valence-corrected chi connectivity index (χ4v) is 5.64. The summed E-state index contributed by atoms with van der Waals surface area (Å²) in [5.41, 5.74) is 2.20. The van der Waals surface area contributed by atoms with Crippen LogP contribution < -0.4 is 5.32 Å². The first-order chi connectivity index (χ1) is 10.6. The van der Waals surface area contributed by atoms with Crippen LogP contribution in [-0.2, 0) is 15.2 Å². The molecule has 1 saturated carbocycles. The number of nitrogens with zero attached hydrogens (tertiary/aromatic N) is 1. The SMILES string of the molecule is COC1CCC2c3ccccc3C3(NC(C)C(=O)N3Br)C2C1. The van der Waals surface area contributed by atoms with E-state index in [1.54, 1.807) is 11.0 Å². The maximum absolute atomic E-state index is 12.5. The number of benzene rings is 1. The van der Waals surface area contributed by atoms with Gasteiger partial charge in [-0.05, 0) is 43.2 Å². The number of nitrogens with one attached hydrogen (secondary N) is 1. The van der Waals surface area contributed by atoms with Crippen LogP contribution in [0.15, 0.2) is 24.3 Å². The van der Waals surface area contributed by atoms with Crippen molar-refractivity contribution in [1.29, 1.82) is 0 Å². The zero-order valence-electron chi connectivity index (χ0n) is 12.9. The minimum atomic E-state index is -0.436. The topological polar surface area (TPSA) is 41.6 Å². The van der Waals surface area contributed by atoms with E-state index in [1.807, 2.05) is 6.92 Å². The van der Waals surface area contributed by atoms with Crippen LogP contribution in [0.5, 0.6) is 0 Å². The number of fused-ring (bicyclic) bond motifs is 5. The average molecular weight is 365 g/mol. The Kier molecular flexibility index (Phi) is 3.36. The zero-order valence-corrected chi connectivity index (χ0v) is 14.5. The van der Waals surface area contributed by atoms with Crippen LogP contribution in [0.1, 0.15) is 43.2 Å². The van der Waals surface area contributed by atoms with Gasteiger partial charge in [0.1, 0.15) is 5.66 Å². The molecule has 3 aliphatic rings. The van der Waals surface area contributed by atoms with E-state index in [-0.39, 0.29) is 18.1 Å². The third kappa shape index (κ3) is 1.73. The second-order valence-electron chi connectivity index (χ2n) is 6.72. The molecule has 0 aromatic heterocycles. The molecule has 118 valence electrons. The highest BCUT2D eigenvalue weighted by atomic mass is 79.9. The van der Waals surface area contributed by atoms with Crippen molar-refractivity contribution in [3.05, 3.63) is 35.4 Å². The van der Waals surface area contributed by atoms with Gasteiger partial charge in [-0.3, -0.25) is 14.0 Å². The summed E-state index contributed by atoms with van der Waals surface area (Å²) < 4.78 is 7.41. The van der Waals surface area contributed by atoms with Crippen molar-refractivity contribution in [2.75, 3.05) is 7.11 Å². The van der Waals surface area contributed by atoms with Crippen LogP contribution in [0.3, 0.4) is 0 Å². The molecule has 1 aromatic rings. The molecule has 4 nitrogen and oxygen atoms in total. The lowest BCUT2D eigenvalue weighted by molar-refractivity contribution is -0.126. The quantitative estimate of drug-likeness (QED) is 0.779. The predicted octanol–water partition coefficient (Wildman–Crippen LogP) is 2.88. The predicted molar refractivity (Wildman–Crippen MR) is 87.4 cm³/mol. The molecule has 22 heavy (non-hydrogen) atoms. The summed E-state index contributed by atoms with van der Waals surface area (Å²) >= 11 is 3.58. The molecule has 2 fully saturated rings. The number of ether oxygens (including phenoxy) is 1. The smallest absolute Gasteiger partial charge is 0.251 e. The lowest BCUT2D eigenvalue weighted by Gasteiger charge is -2.42. The molecular formula is C17H21BrN2O2. The van der Waals surface area contributed by atoms with E-state index in [2.05, 4.69) is 45.7 Å². The summed E-state index contributed by atoms with van der Waals surface area (Å²) in [7, 11) is 1.79. The van der Waals surface area contributed by atoms with Crippen LogP contribution in [0, 0.1) is 5.92 Å². The molecular weight excluding hydrogens is 344 g/mol. The van der Waals surface area contributed by atoms with Crippen molar-refractivity contribution in [3.8, 4) is 0 Å². The average Bonchev–Trinajstić information content (AvgIpc) is 2.96. The first-order valence-electron chi connectivity index (χ1n) is 7.99. The molecule has 5 heteroatoms. The summed E-state index contributed by atoms with van der Waals surface area (Å²) in [5, 5.41) is 3.60. The number of carbonyl (C=O) groups excluding carboxylic acids is 1. The van der Waals surface area contributed by atoms with Gasteiger partial charge in [0, 0.05) is 13.0 Å². The van der Waals surface area contributed by atoms with E-state index in [0.29, 0.717) is 11.8 Å². The Balaban J connectivity index is 1.86. The molecule has 1 heterocycles. The van der Waals surface area contributed by atoms with Crippen LogP contribution in [0.4, 0.5) is 0 Å². The molecule has 2 aliphatic carbocycles. The van der Waals surface area contributed by atoms with Gasteiger partial charge in [0.25, 0.3) is 5.91 Å². The van der Waals surface area contributed by atoms with E-state index < -0.39 is 5.66 Å². The monoisotopic (exact) mass is 364 g/mol. The van der Waals surface area contributed by atoms with Crippen LogP contribution in [0.2, 0.25) is 0 Å². The van der Waals surface area contributed by atoms with Gasteiger partial charge in [0.15, 0.2) is 0 Å². The summed E-state index contributed by atoms with van der Waals surface area (Å²) in [6.45, 7) is 1.94. The van der Waals surface area contributed by atoms with Gasteiger partial charge < -0.3 is 4.74 Å². The maximum Gasteiger partial charge on any atom is 0.251 e. The van der Waals surface area contributed by atoms with E-state index in [9.17, 15) is 4.79 Å². The van der Waals surface area contributed by atoms with Crippen molar-refractivity contribution >= 4 is 22.1 Å². The molecule has 1 saturated heterocycles. The molecule has 1 aliphatic heterocycles. The Morgan fingerprint density at radius 1 is 1.36 bits per heavy atom. The summed E-state index contributed by atoms with van der Waals surface area (Å²) in [4.78, 5) is 12.5. The second kappa shape index (κ2) is 5.05. The minimum Gasteiger partial charge on any atom is -0.381 e. The van der Waals surface area contributed by atoms with Gasteiger partial charge in [0.2, 0.25) is 0 Å². The molecule has 1 N–H and O–H groups in total. The third-order valence-corrected chi connectivity index (χ3v) is 6.66.